The molecule has 0 unspecified atom stereocenters. The topological polar surface area (TPSA) is 25.2 Å². The molecular formula is C9H13ClFNO. The maximum Gasteiger partial charge on any atom is 0.124 e. The first kappa shape index (κ1) is 10.5. The van der Waals surface area contributed by atoms with Gasteiger partial charge in [-0.3, -0.25) is 0 Å². The van der Waals surface area contributed by atoms with Crippen LogP contribution in [0.4, 0.5) is 4.39 Å². The molecule has 74 valence electrons. The van der Waals surface area contributed by atoms with Gasteiger partial charge in [-0.2, -0.15) is 0 Å². The van der Waals surface area contributed by atoms with Gasteiger partial charge >= 0.3 is 0 Å². The van der Waals surface area contributed by atoms with E-state index < -0.39 is 12.7 Å². The van der Waals surface area contributed by atoms with Crippen molar-refractivity contribution in [3.63, 3.8) is 0 Å². The van der Waals surface area contributed by atoms with Gasteiger partial charge in [0.2, 0.25) is 0 Å². The van der Waals surface area contributed by atoms with E-state index in [4.69, 9.17) is 16.2 Å². The van der Waals surface area contributed by atoms with Gasteiger partial charge in [0.15, 0.2) is 0 Å². The molecule has 1 atom stereocenters. The SMILES string of the molecule is CC(C)c1coc([C@@H](CF)NCl)c1. The Morgan fingerprint density at radius 1 is 1.62 bits per heavy atom. The Balaban J connectivity index is 2.78. The lowest BCUT2D eigenvalue weighted by Gasteiger charge is -2.05. The van der Waals surface area contributed by atoms with Crippen LogP contribution in [0.5, 0.6) is 0 Å². The summed E-state index contributed by atoms with van der Waals surface area (Å²) in [5.41, 5.74) is 1.06. The number of hydrogen-bond acceptors (Lipinski definition) is 2. The maximum atomic E-state index is 12.3. The monoisotopic (exact) mass is 205 g/mol. The number of nitrogens with one attached hydrogen (secondary N) is 1. The molecule has 13 heavy (non-hydrogen) atoms. The van der Waals surface area contributed by atoms with Crippen LogP contribution in [0.3, 0.4) is 0 Å². The van der Waals surface area contributed by atoms with Crippen LogP contribution in [0, 0.1) is 0 Å². The van der Waals surface area contributed by atoms with Crippen molar-refractivity contribution in [3.05, 3.63) is 23.7 Å². The smallest absolute Gasteiger partial charge is 0.124 e. The first-order chi connectivity index (χ1) is 6.19. The predicted molar refractivity (Wildman–Crippen MR) is 50.5 cm³/mol. The zero-order valence-corrected chi connectivity index (χ0v) is 8.44. The van der Waals surface area contributed by atoms with Crippen LogP contribution >= 0.6 is 11.8 Å². The molecule has 0 spiro atoms. The summed E-state index contributed by atoms with van der Waals surface area (Å²) in [6.45, 7) is 3.52. The van der Waals surface area contributed by atoms with Crippen molar-refractivity contribution in [2.75, 3.05) is 6.67 Å². The molecule has 4 heteroatoms. The number of alkyl halides is 1. The predicted octanol–water partition coefficient (Wildman–Crippen LogP) is 3.16. The standard InChI is InChI=1S/C9H13ClFNO/c1-6(2)7-3-9(13-5-7)8(4-11)12-10/h3,5-6,8,12H,4H2,1-2H3/t8-/m1/s1. The van der Waals surface area contributed by atoms with Crippen LogP contribution in [0.15, 0.2) is 16.7 Å². The second-order valence-corrected chi connectivity index (χ2v) is 3.47. The fourth-order valence-electron chi connectivity index (χ4n) is 1.01. The summed E-state index contributed by atoms with van der Waals surface area (Å²) < 4.78 is 17.5. The molecule has 0 aliphatic heterocycles. The summed E-state index contributed by atoms with van der Waals surface area (Å²) in [5, 5.41) is 0. The van der Waals surface area contributed by atoms with Crippen molar-refractivity contribution in [1.29, 1.82) is 0 Å². The molecule has 0 amide bonds. The van der Waals surface area contributed by atoms with Gasteiger partial charge in [-0.1, -0.05) is 13.8 Å². The summed E-state index contributed by atoms with van der Waals surface area (Å²) in [5.74, 6) is 0.925. The zero-order chi connectivity index (χ0) is 9.84. The van der Waals surface area contributed by atoms with E-state index in [-0.39, 0.29) is 0 Å². The highest BCUT2D eigenvalue weighted by molar-refractivity contribution is 6.13. The van der Waals surface area contributed by atoms with Crippen LogP contribution < -0.4 is 4.84 Å². The van der Waals surface area contributed by atoms with Crippen molar-refractivity contribution in [2.45, 2.75) is 25.8 Å². The normalized spacial score (nSPS) is 13.6. The second kappa shape index (κ2) is 4.63. The average Bonchev–Trinajstić information content (AvgIpc) is 2.56. The Bertz CT molecular complexity index is 258. The van der Waals surface area contributed by atoms with Crippen LogP contribution in [0.25, 0.3) is 0 Å². The quantitative estimate of drug-likeness (QED) is 0.764. The molecule has 0 radical (unpaired) electrons. The van der Waals surface area contributed by atoms with E-state index in [0.717, 1.165) is 5.56 Å². The molecule has 0 saturated carbocycles. The maximum absolute atomic E-state index is 12.3. The van der Waals surface area contributed by atoms with Crippen molar-refractivity contribution < 1.29 is 8.81 Å². The fourth-order valence-corrected chi connectivity index (χ4v) is 1.18. The number of furan rings is 1. The van der Waals surface area contributed by atoms with Crippen LogP contribution in [0.1, 0.15) is 37.1 Å². The Hall–Kier alpha value is -0.540. The molecule has 1 aromatic rings. The van der Waals surface area contributed by atoms with Gasteiger partial charge in [0.05, 0.1) is 6.26 Å². The summed E-state index contributed by atoms with van der Waals surface area (Å²) in [6.07, 6.45) is 1.64. The number of hydrogen-bond donors (Lipinski definition) is 1. The Morgan fingerprint density at radius 3 is 2.69 bits per heavy atom. The molecule has 0 aromatic carbocycles. The van der Waals surface area contributed by atoms with Gasteiger partial charge in [0, 0.05) is 0 Å². The Kier molecular flexibility index (Phi) is 3.75. The third-order valence-corrected chi connectivity index (χ3v) is 2.20. The van der Waals surface area contributed by atoms with E-state index in [2.05, 4.69) is 4.84 Å². The van der Waals surface area contributed by atoms with E-state index in [1.54, 1.807) is 6.26 Å². The highest BCUT2D eigenvalue weighted by atomic mass is 35.5. The van der Waals surface area contributed by atoms with Crippen LogP contribution in [-0.2, 0) is 0 Å². The van der Waals surface area contributed by atoms with Crippen molar-refractivity contribution >= 4 is 11.8 Å². The molecule has 0 aliphatic carbocycles. The van der Waals surface area contributed by atoms with Gasteiger partial charge < -0.3 is 4.42 Å². The van der Waals surface area contributed by atoms with Gasteiger partial charge in [0.1, 0.15) is 18.5 Å². The summed E-state index contributed by atoms with van der Waals surface area (Å²) >= 11 is 5.34. The molecule has 1 aromatic heterocycles. The van der Waals surface area contributed by atoms with E-state index >= 15 is 0 Å². The lowest BCUT2D eigenvalue weighted by Crippen LogP contribution is -2.12. The van der Waals surface area contributed by atoms with Gasteiger partial charge in [-0.05, 0) is 29.3 Å². The number of halogens is 2. The first-order valence-corrected chi connectivity index (χ1v) is 4.57. The molecule has 0 fully saturated rings. The average molecular weight is 206 g/mol. The highest BCUT2D eigenvalue weighted by Crippen LogP contribution is 2.22. The van der Waals surface area contributed by atoms with E-state index in [1.807, 2.05) is 19.9 Å². The summed E-state index contributed by atoms with van der Waals surface area (Å²) in [4.78, 5) is 2.32. The highest BCUT2D eigenvalue weighted by Gasteiger charge is 2.15. The van der Waals surface area contributed by atoms with Crippen LogP contribution in [-0.4, -0.2) is 6.67 Å². The zero-order valence-electron chi connectivity index (χ0n) is 7.68. The number of rotatable bonds is 4. The lowest BCUT2D eigenvalue weighted by atomic mass is 10.1. The van der Waals surface area contributed by atoms with Gasteiger partial charge in [0.25, 0.3) is 0 Å². The van der Waals surface area contributed by atoms with Crippen molar-refractivity contribution in [2.24, 2.45) is 0 Å². The molecule has 0 bridgehead atoms. The molecule has 1 rings (SSSR count). The van der Waals surface area contributed by atoms with Crippen LogP contribution in [0.2, 0.25) is 0 Å². The molecule has 1 N–H and O–H groups in total. The third-order valence-electron chi connectivity index (χ3n) is 1.94. The fraction of sp³-hybridized carbons (Fsp3) is 0.556. The largest absolute Gasteiger partial charge is 0.467 e. The Morgan fingerprint density at radius 2 is 2.31 bits per heavy atom. The molecular weight excluding hydrogens is 193 g/mol. The summed E-state index contributed by atoms with van der Waals surface area (Å²) in [6, 6.07) is 1.28. The minimum absolute atomic E-state index is 0.382. The van der Waals surface area contributed by atoms with Gasteiger partial charge in [-0.25, -0.2) is 9.23 Å². The Labute approximate surface area is 82.2 Å². The van der Waals surface area contributed by atoms with E-state index in [0.29, 0.717) is 11.7 Å². The lowest BCUT2D eigenvalue weighted by molar-refractivity contribution is 0.366. The third kappa shape index (κ3) is 2.45. The van der Waals surface area contributed by atoms with Crippen molar-refractivity contribution in [3.8, 4) is 0 Å². The van der Waals surface area contributed by atoms with E-state index in [9.17, 15) is 4.39 Å². The van der Waals surface area contributed by atoms with Gasteiger partial charge in [-0.15, -0.1) is 0 Å². The van der Waals surface area contributed by atoms with E-state index in [1.165, 1.54) is 0 Å². The molecule has 0 saturated heterocycles. The van der Waals surface area contributed by atoms with Crippen molar-refractivity contribution in [1.82, 2.24) is 4.84 Å². The minimum atomic E-state index is -0.575. The molecule has 0 aliphatic rings. The molecule has 2 nitrogen and oxygen atoms in total. The minimum Gasteiger partial charge on any atom is -0.467 e. The molecule has 1 heterocycles. The summed E-state index contributed by atoms with van der Waals surface area (Å²) in [7, 11) is 0. The second-order valence-electron chi connectivity index (χ2n) is 3.25. The first-order valence-electron chi connectivity index (χ1n) is 4.19.